The first-order valence-electron chi connectivity index (χ1n) is 8.69. The second-order valence-corrected chi connectivity index (χ2v) is 6.31. The topological polar surface area (TPSA) is 27.7 Å². The van der Waals surface area contributed by atoms with Crippen LogP contribution in [-0.4, -0.2) is 20.3 Å². The van der Waals surface area contributed by atoms with Crippen molar-refractivity contribution in [2.75, 3.05) is 20.3 Å². The molecular formula is C21H23ClO3. The second-order valence-electron chi connectivity index (χ2n) is 5.90. The number of fused-ring (bicyclic) bond motifs is 2. The fourth-order valence-corrected chi connectivity index (χ4v) is 3.28. The largest absolute Gasteiger partial charge is 0.494 e. The van der Waals surface area contributed by atoms with Crippen LogP contribution in [0.4, 0.5) is 0 Å². The van der Waals surface area contributed by atoms with E-state index in [-0.39, 0.29) is 0 Å². The minimum Gasteiger partial charge on any atom is -0.494 e. The molecule has 0 aliphatic carbocycles. The third kappa shape index (κ3) is 3.21. The third-order valence-corrected chi connectivity index (χ3v) is 4.40. The van der Waals surface area contributed by atoms with Crippen LogP contribution in [0.2, 0.25) is 5.02 Å². The van der Waals surface area contributed by atoms with Crippen molar-refractivity contribution in [1.82, 2.24) is 0 Å². The summed E-state index contributed by atoms with van der Waals surface area (Å²) in [4.78, 5) is 0. The molecule has 0 amide bonds. The molecule has 0 radical (unpaired) electrons. The van der Waals surface area contributed by atoms with Gasteiger partial charge >= 0.3 is 0 Å². The summed E-state index contributed by atoms with van der Waals surface area (Å²) >= 11 is 6.40. The van der Waals surface area contributed by atoms with Crippen LogP contribution in [-0.2, 0) is 0 Å². The molecule has 0 saturated carbocycles. The van der Waals surface area contributed by atoms with Gasteiger partial charge in [-0.05, 0) is 25.0 Å². The van der Waals surface area contributed by atoms with Crippen molar-refractivity contribution in [1.29, 1.82) is 0 Å². The first-order chi connectivity index (χ1) is 12.2. The molecule has 4 heteroatoms. The Labute approximate surface area is 153 Å². The molecule has 3 rings (SSSR count). The molecule has 3 nitrogen and oxygen atoms in total. The highest BCUT2D eigenvalue weighted by atomic mass is 35.5. The van der Waals surface area contributed by atoms with Gasteiger partial charge < -0.3 is 14.2 Å². The predicted molar refractivity (Wildman–Crippen MR) is 105 cm³/mol. The van der Waals surface area contributed by atoms with E-state index < -0.39 is 0 Å². The molecule has 25 heavy (non-hydrogen) atoms. The van der Waals surface area contributed by atoms with Gasteiger partial charge in [0.25, 0.3) is 0 Å². The Balaban J connectivity index is 2.44. The summed E-state index contributed by atoms with van der Waals surface area (Å²) < 4.78 is 17.9. The maximum Gasteiger partial charge on any atom is 0.149 e. The molecule has 0 N–H and O–H groups in total. The van der Waals surface area contributed by atoms with Crippen molar-refractivity contribution in [3.05, 3.63) is 41.4 Å². The van der Waals surface area contributed by atoms with Crippen molar-refractivity contribution in [3.8, 4) is 17.2 Å². The standard InChI is InChI=1S/C21H23ClO3/c1-4-12-24-19-14-8-6-7-9-15(14)20(25-13-5-2)18-16(19)10-11-17(22)21(18)23-3/h6-11H,4-5,12-13H2,1-3H3. The fraction of sp³-hybridized carbons (Fsp3) is 0.333. The number of halogens is 1. The Morgan fingerprint density at radius 2 is 1.36 bits per heavy atom. The number of benzene rings is 3. The van der Waals surface area contributed by atoms with Gasteiger partial charge in [0, 0.05) is 16.2 Å². The van der Waals surface area contributed by atoms with Gasteiger partial charge in [0.2, 0.25) is 0 Å². The Bertz CT molecular complexity index is 889. The van der Waals surface area contributed by atoms with Crippen LogP contribution in [0.15, 0.2) is 36.4 Å². The van der Waals surface area contributed by atoms with Gasteiger partial charge in [-0.2, -0.15) is 0 Å². The molecule has 0 spiro atoms. The van der Waals surface area contributed by atoms with Crippen LogP contribution < -0.4 is 14.2 Å². The fourth-order valence-electron chi connectivity index (χ4n) is 3.04. The van der Waals surface area contributed by atoms with E-state index in [1.54, 1.807) is 7.11 Å². The SMILES string of the molecule is CCCOc1c2ccccc2c(OCCC)c2c(OC)c(Cl)ccc12. The number of ether oxygens (including phenoxy) is 3. The summed E-state index contributed by atoms with van der Waals surface area (Å²) in [6, 6.07) is 12.0. The van der Waals surface area contributed by atoms with Crippen LogP contribution in [0.3, 0.4) is 0 Å². The maximum absolute atomic E-state index is 6.40. The number of rotatable bonds is 7. The first kappa shape index (κ1) is 17.7. The zero-order valence-electron chi connectivity index (χ0n) is 14.9. The lowest BCUT2D eigenvalue weighted by Gasteiger charge is -2.19. The molecule has 3 aromatic rings. The Kier molecular flexibility index (Phi) is 5.54. The summed E-state index contributed by atoms with van der Waals surface area (Å²) in [5.74, 6) is 2.28. The molecule has 0 aliphatic rings. The molecule has 0 aliphatic heterocycles. The van der Waals surface area contributed by atoms with Crippen molar-refractivity contribution < 1.29 is 14.2 Å². The zero-order chi connectivity index (χ0) is 17.8. The molecule has 0 atom stereocenters. The number of hydrogen-bond donors (Lipinski definition) is 0. The van der Waals surface area contributed by atoms with Gasteiger partial charge in [-0.15, -0.1) is 0 Å². The summed E-state index contributed by atoms with van der Waals surface area (Å²) in [5, 5.41) is 4.44. The molecule has 0 bridgehead atoms. The minimum atomic E-state index is 0.563. The van der Waals surface area contributed by atoms with Crippen LogP contribution in [0.25, 0.3) is 21.5 Å². The van der Waals surface area contributed by atoms with Crippen molar-refractivity contribution in [2.24, 2.45) is 0 Å². The highest BCUT2D eigenvalue weighted by Gasteiger charge is 2.20. The lowest BCUT2D eigenvalue weighted by molar-refractivity contribution is 0.318. The molecule has 0 unspecified atom stereocenters. The Hall–Kier alpha value is -2.13. The zero-order valence-corrected chi connectivity index (χ0v) is 15.7. The van der Waals surface area contributed by atoms with E-state index in [1.165, 1.54) is 0 Å². The predicted octanol–water partition coefficient (Wildman–Crippen LogP) is 6.23. The quantitative estimate of drug-likeness (QED) is 0.468. The Morgan fingerprint density at radius 3 is 1.96 bits per heavy atom. The summed E-state index contributed by atoms with van der Waals surface area (Å²) in [5.41, 5.74) is 0. The molecule has 0 heterocycles. The molecule has 0 aromatic heterocycles. The van der Waals surface area contributed by atoms with Crippen molar-refractivity contribution in [3.63, 3.8) is 0 Å². The lowest BCUT2D eigenvalue weighted by Crippen LogP contribution is -2.02. The van der Waals surface area contributed by atoms with E-state index in [0.717, 1.165) is 45.9 Å². The van der Waals surface area contributed by atoms with Gasteiger partial charge in [-0.1, -0.05) is 49.7 Å². The monoisotopic (exact) mass is 358 g/mol. The van der Waals surface area contributed by atoms with Gasteiger partial charge in [-0.3, -0.25) is 0 Å². The highest BCUT2D eigenvalue weighted by Crippen LogP contribution is 2.48. The van der Waals surface area contributed by atoms with Gasteiger partial charge in [0.15, 0.2) is 0 Å². The van der Waals surface area contributed by atoms with Crippen molar-refractivity contribution >= 4 is 33.1 Å². The van der Waals surface area contributed by atoms with Gasteiger partial charge in [-0.25, -0.2) is 0 Å². The molecule has 132 valence electrons. The second kappa shape index (κ2) is 7.83. The average molecular weight is 359 g/mol. The van der Waals surface area contributed by atoms with Gasteiger partial charge in [0.05, 0.1) is 30.7 Å². The molecule has 0 saturated heterocycles. The number of hydrogen-bond acceptors (Lipinski definition) is 3. The normalized spacial score (nSPS) is 11.0. The minimum absolute atomic E-state index is 0.563. The smallest absolute Gasteiger partial charge is 0.149 e. The van der Waals surface area contributed by atoms with E-state index >= 15 is 0 Å². The van der Waals surface area contributed by atoms with Crippen molar-refractivity contribution in [2.45, 2.75) is 26.7 Å². The van der Waals surface area contributed by atoms with Crippen LogP contribution in [0.1, 0.15) is 26.7 Å². The van der Waals surface area contributed by atoms with E-state index in [2.05, 4.69) is 26.0 Å². The summed E-state index contributed by atoms with van der Waals surface area (Å²) in [6.07, 6.45) is 1.86. The Morgan fingerprint density at radius 1 is 0.760 bits per heavy atom. The highest BCUT2D eigenvalue weighted by molar-refractivity contribution is 6.34. The van der Waals surface area contributed by atoms with Crippen LogP contribution in [0, 0.1) is 0 Å². The van der Waals surface area contributed by atoms with Crippen LogP contribution >= 0.6 is 11.6 Å². The summed E-state index contributed by atoms with van der Waals surface area (Å²) in [7, 11) is 1.63. The summed E-state index contributed by atoms with van der Waals surface area (Å²) in [6.45, 7) is 5.47. The van der Waals surface area contributed by atoms with E-state index in [4.69, 9.17) is 25.8 Å². The van der Waals surface area contributed by atoms with Gasteiger partial charge in [0.1, 0.15) is 17.2 Å². The first-order valence-corrected chi connectivity index (χ1v) is 9.07. The van der Waals surface area contributed by atoms with Crippen LogP contribution in [0.5, 0.6) is 17.2 Å². The molecular weight excluding hydrogens is 336 g/mol. The van der Waals surface area contributed by atoms with E-state index in [0.29, 0.717) is 24.0 Å². The lowest BCUT2D eigenvalue weighted by atomic mass is 9.99. The van der Waals surface area contributed by atoms with E-state index in [1.807, 2.05) is 24.3 Å². The number of methoxy groups -OCH3 is 1. The average Bonchev–Trinajstić information content (AvgIpc) is 2.64. The third-order valence-electron chi connectivity index (χ3n) is 4.10. The molecule has 3 aromatic carbocycles. The molecule has 0 fully saturated rings. The van der Waals surface area contributed by atoms with E-state index in [9.17, 15) is 0 Å². The maximum atomic E-state index is 6.40.